The van der Waals surface area contributed by atoms with Crippen molar-refractivity contribution in [3.8, 4) is 11.5 Å². The van der Waals surface area contributed by atoms with E-state index in [0.29, 0.717) is 0 Å². The predicted molar refractivity (Wildman–Crippen MR) is 71.1 cm³/mol. The lowest BCUT2D eigenvalue weighted by molar-refractivity contribution is -0.384. The van der Waals surface area contributed by atoms with Crippen LogP contribution in [0.4, 0.5) is 23.2 Å². The third-order valence-corrected chi connectivity index (χ3v) is 3.11. The van der Waals surface area contributed by atoms with Crippen LogP contribution in [0.2, 0.25) is 0 Å². The van der Waals surface area contributed by atoms with Crippen molar-refractivity contribution in [1.29, 1.82) is 0 Å². The van der Waals surface area contributed by atoms with E-state index in [2.05, 4.69) is 4.98 Å². The average molecular weight is 326 g/mol. The number of halogens is 4. The van der Waals surface area contributed by atoms with Crippen molar-refractivity contribution in [2.24, 2.45) is 0 Å². The Bertz CT molecular complexity index is 918. The Hall–Kier alpha value is -2.97. The molecule has 2 aromatic carbocycles. The Labute approximate surface area is 125 Å². The maximum atomic E-state index is 13.8. The van der Waals surface area contributed by atoms with Crippen molar-refractivity contribution in [3.63, 3.8) is 0 Å². The fourth-order valence-corrected chi connectivity index (χ4v) is 2.01. The van der Waals surface area contributed by atoms with Crippen LogP contribution in [-0.2, 0) is 6.18 Å². The number of nitro groups is 1. The number of rotatable bonds is 2. The molecule has 5 nitrogen and oxygen atoms in total. The Morgan fingerprint density at radius 3 is 2.52 bits per heavy atom. The molecule has 0 bridgehead atoms. The molecule has 1 heterocycles. The zero-order valence-electron chi connectivity index (χ0n) is 11.1. The first-order chi connectivity index (χ1) is 10.8. The fourth-order valence-electron chi connectivity index (χ4n) is 2.01. The van der Waals surface area contributed by atoms with Gasteiger partial charge in [0.1, 0.15) is 11.3 Å². The predicted octanol–water partition coefficient (Wildman–Crippen LogP) is 4.56. The first kappa shape index (κ1) is 14.9. The lowest BCUT2D eigenvalue weighted by Crippen LogP contribution is -2.03. The zero-order chi connectivity index (χ0) is 16.8. The molecule has 0 spiro atoms. The molecule has 0 unspecified atom stereocenters. The molecule has 1 aromatic heterocycles. The summed E-state index contributed by atoms with van der Waals surface area (Å²) in [6.07, 6.45) is -4.55. The van der Waals surface area contributed by atoms with Gasteiger partial charge in [-0.2, -0.15) is 13.2 Å². The zero-order valence-corrected chi connectivity index (χ0v) is 11.1. The molecule has 0 N–H and O–H groups in total. The van der Waals surface area contributed by atoms with Crippen LogP contribution in [0, 0.1) is 15.9 Å². The number of benzene rings is 2. The van der Waals surface area contributed by atoms with Crippen LogP contribution < -0.4 is 0 Å². The van der Waals surface area contributed by atoms with Gasteiger partial charge in [-0.15, -0.1) is 0 Å². The summed E-state index contributed by atoms with van der Waals surface area (Å²) in [5, 5.41) is 10.7. The third-order valence-electron chi connectivity index (χ3n) is 3.11. The highest BCUT2D eigenvalue weighted by atomic mass is 19.4. The van der Waals surface area contributed by atoms with Crippen molar-refractivity contribution in [1.82, 2.24) is 4.98 Å². The van der Waals surface area contributed by atoms with Gasteiger partial charge in [0.05, 0.1) is 16.1 Å². The molecule has 3 rings (SSSR count). The average Bonchev–Trinajstić information content (AvgIpc) is 2.89. The normalized spacial score (nSPS) is 11.8. The molecular formula is C14H6F4N2O3. The quantitative estimate of drug-likeness (QED) is 0.393. The fraction of sp³-hybridized carbons (Fsp3) is 0.0714. The molecule has 9 heteroatoms. The van der Waals surface area contributed by atoms with Crippen LogP contribution >= 0.6 is 0 Å². The molecule has 23 heavy (non-hydrogen) atoms. The van der Waals surface area contributed by atoms with E-state index in [1.165, 1.54) is 0 Å². The minimum Gasteiger partial charge on any atom is -0.436 e. The summed E-state index contributed by atoms with van der Waals surface area (Å²) in [4.78, 5) is 13.8. The highest BCUT2D eigenvalue weighted by Gasteiger charge is 2.31. The SMILES string of the molecule is O=[N+]([O-])c1ccc(F)c(-c2nc3cc(C(F)(F)F)ccc3o2)c1. The van der Waals surface area contributed by atoms with Crippen LogP contribution in [0.25, 0.3) is 22.6 Å². The van der Waals surface area contributed by atoms with Gasteiger partial charge in [-0.1, -0.05) is 0 Å². The van der Waals surface area contributed by atoms with Crippen LogP contribution in [0.3, 0.4) is 0 Å². The van der Waals surface area contributed by atoms with Crippen molar-refractivity contribution < 1.29 is 26.9 Å². The largest absolute Gasteiger partial charge is 0.436 e. The van der Waals surface area contributed by atoms with Gasteiger partial charge in [-0.3, -0.25) is 10.1 Å². The number of nitro benzene ring substituents is 1. The molecule has 0 amide bonds. The molecule has 0 radical (unpaired) electrons. The minimum atomic E-state index is -4.55. The van der Waals surface area contributed by atoms with Crippen LogP contribution in [0.1, 0.15) is 5.56 Å². The van der Waals surface area contributed by atoms with Crippen LogP contribution in [-0.4, -0.2) is 9.91 Å². The van der Waals surface area contributed by atoms with E-state index < -0.39 is 22.5 Å². The van der Waals surface area contributed by atoms with Gasteiger partial charge in [-0.05, 0) is 24.3 Å². The molecular weight excluding hydrogens is 320 g/mol. The number of fused-ring (bicyclic) bond motifs is 1. The minimum absolute atomic E-state index is 0.0129. The van der Waals surface area contributed by atoms with E-state index in [4.69, 9.17) is 4.42 Å². The summed E-state index contributed by atoms with van der Waals surface area (Å²) in [6, 6.07) is 5.36. The molecule has 118 valence electrons. The monoisotopic (exact) mass is 326 g/mol. The van der Waals surface area contributed by atoms with Gasteiger partial charge in [0.25, 0.3) is 5.69 Å². The standard InChI is InChI=1S/C14H6F4N2O3/c15-10-3-2-8(20(21)22)6-9(10)13-19-11-5-7(14(16,17)18)1-4-12(11)23-13/h1-6H. The first-order valence-electron chi connectivity index (χ1n) is 6.18. The number of oxazole rings is 1. The van der Waals surface area contributed by atoms with Crippen LogP contribution in [0.15, 0.2) is 40.8 Å². The van der Waals surface area contributed by atoms with E-state index in [-0.39, 0.29) is 28.2 Å². The van der Waals surface area contributed by atoms with E-state index in [9.17, 15) is 27.7 Å². The van der Waals surface area contributed by atoms with Gasteiger partial charge < -0.3 is 4.42 Å². The second kappa shape index (κ2) is 5.04. The number of non-ortho nitro benzene ring substituents is 1. The molecule has 3 aromatic rings. The van der Waals surface area contributed by atoms with Gasteiger partial charge in [0, 0.05) is 12.1 Å². The van der Waals surface area contributed by atoms with Gasteiger partial charge in [0.15, 0.2) is 5.58 Å². The number of hydrogen-bond acceptors (Lipinski definition) is 4. The number of nitrogens with zero attached hydrogens (tertiary/aromatic N) is 2. The number of alkyl halides is 3. The smallest absolute Gasteiger partial charge is 0.416 e. The molecule has 0 fully saturated rings. The second-order valence-corrected chi connectivity index (χ2v) is 4.62. The van der Waals surface area contributed by atoms with Crippen molar-refractivity contribution in [2.75, 3.05) is 0 Å². The van der Waals surface area contributed by atoms with E-state index in [0.717, 1.165) is 36.4 Å². The highest BCUT2D eigenvalue weighted by Crippen LogP contribution is 2.34. The van der Waals surface area contributed by atoms with Crippen molar-refractivity contribution in [2.45, 2.75) is 6.18 Å². The summed E-state index contributed by atoms with van der Waals surface area (Å²) >= 11 is 0. The molecule has 0 atom stereocenters. The Morgan fingerprint density at radius 2 is 1.87 bits per heavy atom. The summed E-state index contributed by atoms with van der Waals surface area (Å²) in [5.41, 5.74) is -1.73. The third kappa shape index (κ3) is 2.72. The first-order valence-corrected chi connectivity index (χ1v) is 6.18. The van der Waals surface area contributed by atoms with Crippen LogP contribution in [0.5, 0.6) is 0 Å². The molecule has 0 saturated carbocycles. The summed E-state index contributed by atoms with van der Waals surface area (Å²) in [7, 11) is 0. The Morgan fingerprint density at radius 1 is 1.13 bits per heavy atom. The summed E-state index contributed by atoms with van der Waals surface area (Å²) < 4.78 is 57.0. The number of hydrogen-bond donors (Lipinski definition) is 0. The lowest BCUT2D eigenvalue weighted by atomic mass is 10.2. The molecule has 0 aliphatic rings. The maximum Gasteiger partial charge on any atom is 0.416 e. The lowest BCUT2D eigenvalue weighted by Gasteiger charge is -2.04. The van der Waals surface area contributed by atoms with E-state index in [1.807, 2.05) is 0 Å². The van der Waals surface area contributed by atoms with E-state index >= 15 is 0 Å². The number of aromatic nitrogens is 1. The highest BCUT2D eigenvalue weighted by molar-refractivity contribution is 5.77. The molecule has 0 saturated heterocycles. The Balaban J connectivity index is 2.14. The van der Waals surface area contributed by atoms with Crippen molar-refractivity contribution >= 4 is 16.8 Å². The summed E-state index contributed by atoms with van der Waals surface area (Å²) in [5.74, 6) is -1.17. The molecule has 0 aliphatic heterocycles. The summed E-state index contributed by atoms with van der Waals surface area (Å²) in [6.45, 7) is 0. The Kier molecular flexibility index (Phi) is 3.28. The van der Waals surface area contributed by atoms with Gasteiger partial charge >= 0.3 is 6.18 Å². The second-order valence-electron chi connectivity index (χ2n) is 4.62. The topological polar surface area (TPSA) is 69.2 Å². The van der Waals surface area contributed by atoms with Gasteiger partial charge in [-0.25, -0.2) is 9.37 Å². The van der Waals surface area contributed by atoms with E-state index in [1.54, 1.807) is 0 Å². The van der Waals surface area contributed by atoms with Gasteiger partial charge in [0.2, 0.25) is 5.89 Å². The van der Waals surface area contributed by atoms with Crippen molar-refractivity contribution in [3.05, 3.63) is 57.9 Å². The molecule has 0 aliphatic carbocycles. The maximum absolute atomic E-state index is 13.8.